The van der Waals surface area contributed by atoms with Gasteiger partial charge in [0, 0.05) is 23.3 Å². The number of sulfone groups is 1. The van der Waals surface area contributed by atoms with E-state index in [1.165, 1.54) is 0 Å². The first-order chi connectivity index (χ1) is 17.8. The van der Waals surface area contributed by atoms with Crippen LogP contribution >= 0.6 is 0 Å². The lowest BCUT2D eigenvalue weighted by atomic mass is 10.0. The Labute approximate surface area is 214 Å². The van der Waals surface area contributed by atoms with Gasteiger partial charge in [0.15, 0.2) is 9.84 Å². The van der Waals surface area contributed by atoms with Gasteiger partial charge in [0.1, 0.15) is 6.10 Å². The maximum Gasteiger partial charge on any atom is 0.312 e. The van der Waals surface area contributed by atoms with E-state index in [9.17, 15) is 18.0 Å². The highest BCUT2D eigenvalue weighted by Crippen LogP contribution is 2.26. The van der Waals surface area contributed by atoms with Crippen molar-refractivity contribution in [2.75, 3.05) is 13.1 Å². The molecular weight excluding hydrogens is 490 g/mol. The van der Waals surface area contributed by atoms with Crippen LogP contribution in [0.15, 0.2) is 84.0 Å². The number of ether oxygens (including phenoxy) is 1. The van der Waals surface area contributed by atoms with E-state index in [0.717, 1.165) is 5.39 Å². The second-order valence-electron chi connectivity index (χ2n) is 9.05. The van der Waals surface area contributed by atoms with E-state index in [2.05, 4.69) is 9.97 Å². The Balaban J connectivity index is 1.21. The largest absolute Gasteiger partial charge is 0.458 e. The Kier molecular flexibility index (Phi) is 6.71. The molecule has 5 rings (SSSR count). The number of hydrogen-bond donors (Lipinski definition) is 0. The topological polar surface area (TPSA) is 107 Å². The van der Waals surface area contributed by atoms with Gasteiger partial charge in [-0.15, -0.1) is 0 Å². The molecular formula is C28H25N3O5S. The number of aromatic nitrogens is 2. The number of fused-ring (bicyclic) bond motifs is 1. The summed E-state index contributed by atoms with van der Waals surface area (Å²) in [5.41, 5.74) is 2.87. The second-order valence-corrected chi connectivity index (χ2v) is 11.0. The summed E-state index contributed by atoms with van der Waals surface area (Å²) in [5, 5.41) is 0.761. The third-order valence-corrected chi connectivity index (χ3v) is 8.04. The van der Waals surface area contributed by atoms with Gasteiger partial charge < -0.3 is 9.64 Å². The summed E-state index contributed by atoms with van der Waals surface area (Å²) < 4.78 is 31.9. The SMILES string of the molecule is Cc1cc(C(=O)N2CC(OC(=O)Cc3ccccn3)C2)ccc1CS(=O)(=O)c1cccc2cccnc12. The number of benzene rings is 2. The molecule has 2 aromatic carbocycles. The number of para-hydroxylation sites is 1. The Hall–Kier alpha value is -4.11. The lowest BCUT2D eigenvalue weighted by Crippen LogP contribution is -2.55. The average molecular weight is 516 g/mol. The highest BCUT2D eigenvalue weighted by atomic mass is 32.2. The Morgan fingerprint density at radius 2 is 1.76 bits per heavy atom. The Bertz CT molecular complexity index is 1580. The lowest BCUT2D eigenvalue weighted by molar-refractivity contribution is -0.154. The van der Waals surface area contributed by atoms with E-state index in [4.69, 9.17) is 4.74 Å². The van der Waals surface area contributed by atoms with Crippen LogP contribution in [-0.4, -0.2) is 54.4 Å². The summed E-state index contributed by atoms with van der Waals surface area (Å²) in [4.78, 5) is 35.2. The van der Waals surface area contributed by atoms with Gasteiger partial charge in [-0.25, -0.2) is 8.42 Å². The maximum atomic E-state index is 13.2. The van der Waals surface area contributed by atoms with Crippen LogP contribution in [0.4, 0.5) is 0 Å². The number of aryl methyl sites for hydroxylation is 1. The van der Waals surface area contributed by atoms with Crippen molar-refractivity contribution in [3.8, 4) is 0 Å². The van der Waals surface area contributed by atoms with Crippen LogP contribution < -0.4 is 0 Å². The molecule has 4 aromatic rings. The van der Waals surface area contributed by atoms with Crippen LogP contribution in [0.25, 0.3) is 10.9 Å². The van der Waals surface area contributed by atoms with Gasteiger partial charge in [0.05, 0.1) is 41.4 Å². The minimum Gasteiger partial charge on any atom is -0.458 e. The van der Waals surface area contributed by atoms with Crippen LogP contribution in [0.2, 0.25) is 0 Å². The fraction of sp³-hybridized carbons (Fsp3) is 0.214. The molecule has 9 heteroatoms. The van der Waals surface area contributed by atoms with Crippen LogP contribution in [0.5, 0.6) is 0 Å². The van der Waals surface area contributed by atoms with Crippen molar-refractivity contribution in [2.45, 2.75) is 30.1 Å². The third kappa shape index (κ3) is 5.36. The first kappa shape index (κ1) is 24.6. The quantitative estimate of drug-likeness (QED) is 0.347. The minimum atomic E-state index is -3.66. The monoisotopic (exact) mass is 515 g/mol. The van der Waals surface area contributed by atoms with Crippen molar-refractivity contribution >= 4 is 32.6 Å². The molecule has 0 radical (unpaired) electrons. The first-order valence-corrected chi connectivity index (χ1v) is 13.5. The number of hydrogen-bond acceptors (Lipinski definition) is 7. The van der Waals surface area contributed by atoms with Crippen LogP contribution in [0.1, 0.15) is 27.2 Å². The molecule has 0 spiro atoms. The fourth-order valence-electron chi connectivity index (χ4n) is 4.34. The van der Waals surface area contributed by atoms with Gasteiger partial charge in [0.2, 0.25) is 0 Å². The van der Waals surface area contributed by atoms with Crippen molar-refractivity contribution in [1.29, 1.82) is 0 Å². The summed E-state index contributed by atoms with van der Waals surface area (Å²) in [6.07, 6.45) is 2.94. The van der Waals surface area contributed by atoms with Gasteiger partial charge in [0.25, 0.3) is 5.91 Å². The summed E-state index contributed by atoms with van der Waals surface area (Å²) >= 11 is 0. The molecule has 1 aliphatic rings. The molecule has 1 fully saturated rings. The van der Waals surface area contributed by atoms with Crippen LogP contribution in [0.3, 0.4) is 0 Å². The zero-order valence-corrected chi connectivity index (χ0v) is 21.0. The number of carbonyl (C=O) groups is 2. The molecule has 37 heavy (non-hydrogen) atoms. The lowest BCUT2D eigenvalue weighted by Gasteiger charge is -2.38. The molecule has 188 valence electrons. The van der Waals surface area contributed by atoms with E-state index in [0.29, 0.717) is 41.0 Å². The van der Waals surface area contributed by atoms with E-state index in [-0.39, 0.29) is 35.0 Å². The summed E-state index contributed by atoms with van der Waals surface area (Å²) in [5.74, 6) is -0.757. The van der Waals surface area contributed by atoms with E-state index >= 15 is 0 Å². The summed E-state index contributed by atoms with van der Waals surface area (Å²) in [6, 6.07) is 19.1. The van der Waals surface area contributed by atoms with Crippen molar-refractivity contribution < 1.29 is 22.7 Å². The molecule has 2 aromatic heterocycles. The van der Waals surface area contributed by atoms with E-state index < -0.39 is 9.84 Å². The number of amides is 1. The smallest absolute Gasteiger partial charge is 0.312 e. The van der Waals surface area contributed by atoms with Crippen molar-refractivity contribution in [3.63, 3.8) is 0 Å². The number of esters is 1. The summed E-state index contributed by atoms with van der Waals surface area (Å²) in [7, 11) is -3.66. The standard InChI is InChI=1S/C28H25N3O5S/c1-19-14-21(28(33)31-16-24(17-31)36-26(32)15-23-8-2-3-12-29-23)10-11-22(19)18-37(34,35)25-9-4-6-20-7-5-13-30-27(20)25/h2-14,24H,15-18H2,1H3. The van der Waals surface area contributed by atoms with Crippen molar-refractivity contribution in [1.82, 2.24) is 14.9 Å². The van der Waals surface area contributed by atoms with Gasteiger partial charge in [-0.05, 0) is 54.4 Å². The predicted octanol–water partition coefficient (Wildman–Crippen LogP) is 3.52. The van der Waals surface area contributed by atoms with E-state index in [1.54, 1.807) is 72.7 Å². The average Bonchev–Trinajstić information content (AvgIpc) is 2.87. The number of pyridine rings is 2. The highest BCUT2D eigenvalue weighted by Gasteiger charge is 2.34. The third-order valence-electron chi connectivity index (χ3n) is 6.35. The normalized spacial score (nSPS) is 13.8. The second kappa shape index (κ2) is 10.1. The molecule has 0 aliphatic carbocycles. The number of rotatable bonds is 7. The Morgan fingerprint density at radius 3 is 2.51 bits per heavy atom. The molecule has 0 N–H and O–H groups in total. The zero-order chi connectivity index (χ0) is 26.0. The van der Waals surface area contributed by atoms with Gasteiger partial charge in [-0.3, -0.25) is 19.6 Å². The van der Waals surface area contributed by atoms with Gasteiger partial charge in [-0.2, -0.15) is 0 Å². The molecule has 0 atom stereocenters. The fourth-order valence-corrected chi connectivity index (χ4v) is 5.98. The molecule has 0 saturated carbocycles. The number of carbonyl (C=O) groups excluding carboxylic acids is 2. The van der Waals surface area contributed by atoms with Crippen LogP contribution in [-0.2, 0) is 31.5 Å². The zero-order valence-electron chi connectivity index (χ0n) is 20.2. The highest BCUT2D eigenvalue weighted by molar-refractivity contribution is 7.90. The Morgan fingerprint density at radius 1 is 0.973 bits per heavy atom. The van der Waals surface area contributed by atoms with Crippen molar-refractivity contribution in [2.24, 2.45) is 0 Å². The molecule has 3 heterocycles. The number of likely N-dealkylation sites (tertiary alicyclic amines) is 1. The minimum absolute atomic E-state index is 0.0870. The first-order valence-electron chi connectivity index (χ1n) is 11.8. The van der Waals surface area contributed by atoms with Gasteiger partial charge >= 0.3 is 5.97 Å². The van der Waals surface area contributed by atoms with Gasteiger partial charge in [-0.1, -0.05) is 30.3 Å². The molecule has 0 bridgehead atoms. The van der Waals surface area contributed by atoms with E-state index in [1.807, 2.05) is 18.2 Å². The van der Waals surface area contributed by atoms with Crippen LogP contribution in [0, 0.1) is 6.92 Å². The molecule has 0 unspecified atom stereocenters. The molecule has 1 aliphatic heterocycles. The maximum absolute atomic E-state index is 13.2. The van der Waals surface area contributed by atoms with Crippen molar-refractivity contribution in [3.05, 3.63) is 102 Å². The predicted molar refractivity (Wildman–Crippen MR) is 138 cm³/mol. The molecule has 1 amide bonds. The summed E-state index contributed by atoms with van der Waals surface area (Å²) in [6.45, 7) is 2.42. The number of nitrogens with zero attached hydrogens (tertiary/aromatic N) is 3. The molecule has 8 nitrogen and oxygen atoms in total. The molecule has 1 saturated heterocycles.